The fourth-order valence-electron chi connectivity index (χ4n) is 2.62. The van der Waals surface area contributed by atoms with Crippen LogP contribution < -0.4 is 16.0 Å². The predicted molar refractivity (Wildman–Crippen MR) is 81.4 cm³/mol. The average Bonchev–Trinajstić information content (AvgIpc) is 3.01. The first-order chi connectivity index (χ1) is 11.8. The average molecular weight is 356 g/mol. The third kappa shape index (κ3) is 4.11. The SMILES string of the molecule is O=c1ccn([C@H]2CC[C@@H](COc3cccc(C(F)(F)F)c3)O2)c(=O)[nH]1. The molecule has 1 aliphatic heterocycles. The molecule has 1 N–H and O–H groups in total. The molecule has 0 unspecified atom stereocenters. The van der Waals surface area contributed by atoms with E-state index in [1.807, 2.05) is 0 Å². The minimum atomic E-state index is -4.43. The lowest BCUT2D eigenvalue weighted by Gasteiger charge is -2.16. The molecule has 0 spiro atoms. The Bertz CT molecular complexity index is 859. The third-order valence-corrected chi connectivity index (χ3v) is 3.84. The number of nitrogens with one attached hydrogen (secondary N) is 1. The van der Waals surface area contributed by atoms with Crippen molar-refractivity contribution in [2.75, 3.05) is 6.61 Å². The maximum atomic E-state index is 12.7. The Hall–Kier alpha value is -2.55. The van der Waals surface area contributed by atoms with Gasteiger partial charge in [0.05, 0.1) is 11.7 Å². The van der Waals surface area contributed by atoms with E-state index in [9.17, 15) is 22.8 Å². The van der Waals surface area contributed by atoms with Crippen molar-refractivity contribution in [2.45, 2.75) is 31.3 Å². The van der Waals surface area contributed by atoms with Crippen molar-refractivity contribution in [1.29, 1.82) is 0 Å². The number of ether oxygens (including phenoxy) is 2. The molecule has 1 aromatic heterocycles. The van der Waals surface area contributed by atoms with E-state index in [4.69, 9.17) is 9.47 Å². The minimum absolute atomic E-state index is 0.0654. The van der Waals surface area contributed by atoms with E-state index in [0.717, 1.165) is 12.1 Å². The molecule has 0 amide bonds. The zero-order chi connectivity index (χ0) is 18.0. The van der Waals surface area contributed by atoms with Crippen molar-refractivity contribution < 1.29 is 22.6 Å². The van der Waals surface area contributed by atoms with Crippen LogP contribution in [0, 0.1) is 0 Å². The van der Waals surface area contributed by atoms with Crippen molar-refractivity contribution in [2.24, 2.45) is 0 Å². The fourth-order valence-corrected chi connectivity index (χ4v) is 2.62. The first kappa shape index (κ1) is 17.3. The van der Waals surface area contributed by atoms with Crippen molar-refractivity contribution in [1.82, 2.24) is 9.55 Å². The topological polar surface area (TPSA) is 73.3 Å². The molecular weight excluding hydrogens is 341 g/mol. The largest absolute Gasteiger partial charge is 0.491 e. The van der Waals surface area contributed by atoms with Gasteiger partial charge in [-0.05, 0) is 31.0 Å². The lowest BCUT2D eigenvalue weighted by Crippen LogP contribution is -2.32. The zero-order valence-electron chi connectivity index (χ0n) is 13.0. The van der Waals surface area contributed by atoms with Gasteiger partial charge in [-0.2, -0.15) is 13.2 Å². The lowest BCUT2D eigenvalue weighted by atomic mass is 10.2. The van der Waals surface area contributed by atoms with Crippen molar-refractivity contribution in [3.63, 3.8) is 0 Å². The van der Waals surface area contributed by atoms with Crippen molar-refractivity contribution in [3.8, 4) is 5.75 Å². The molecule has 1 fully saturated rings. The first-order valence-electron chi connectivity index (χ1n) is 7.60. The first-order valence-corrected chi connectivity index (χ1v) is 7.60. The molecule has 2 atom stereocenters. The van der Waals surface area contributed by atoms with Crippen LogP contribution in [0.15, 0.2) is 46.1 Å². The second-order valence-corrected chi connectivity index (χ2v) is 5.64. The third-order valence-electron chi connectivity index (χ3n) is 3.84. The Labute approximate surface area is 139 Å². The summed E-state index contributed by atoms with van der Waals surface area (Å²) in [6, 6.07) is 5.83. The van der Waals surface area contributed by atoms with E-state index in [1.165, 1.54) is 29.0 Å². The van der Waals surface area contributed by atoms with Crippen LogP contribution >= 0.6 is 0 Å². The molecule has 25 heavy (non-hydrogen) atoms. The number of nitrogens with zero attached hydrogens (tertiary/aromatic N) is 1. The second-order valence-electron chi connectivity index (χ2n) is 5.64. The van der Waals surface area contributed by atoms with Gasteiger partial charge in [0.15, 0.2) is 0 Å². The number of benzene rings is 1. The lowest BCUT2D eigenvalue weighted by molar-refractivity contribution is -0.137. The molecule has 3 rings (SSSR count). The molecule has 9 heteroatoms. The molecule has 134 valence electrons. The summed E-state index contributed by atoms with van der Waals surface area (Å²) in [6.07, 6.45) is -2.88. The van der Waals surface area contributed by atoms with E-state index in [0.29, 0.717) is 12.8 Å². The monoisotopic (exact) mass is 356 g/mol. The molecule has 1 aromatic carbocycles. The number of hydrogen-bond donors (Lipinski definition) is 1. The van der Waals surface area contributed by atoms with Crippen LogP contribution in [0.2, 0.25) is 0 Å². The van der Waals surface area contributed by atoms with Gasteiger partial charge in [-0.1, -0.05) is 6.07 Å². The van der Waals surface area contributed by atoms with Crippen LogP contribution in [0.5, 0.6) is 5.75 Å². The number of halogens is 3. The maximum absolute atomic E-state index is 12.7. The number of H-pyrrole nitrogens is 1. The molecule has 1 aliphatic rings. The smallest absolute Gasteiger partial charge is 0.416 e. The van der Waals surface area contributed by atoms with Crippen LogP contribution in [-0.4, -0.2) is 22.3 Å². The molecule has 2 heterocycles. The van der Waals surface area contributed by atoms with Gasteiger partial charge in [0.1, 0.15) is 18.6 Å². The fraction of sp³-hybridized carbons (Fsp3) is 0.375. The standard InChI is InChI=1S/C16H15F3N2O4/c17-16(18,19)10-2-1-3-11(8-10)24-9-12-4-5-14(25-12)21-7-6-13(22)20-15(21)23/h1-3,6-8,12,14H,4-5,9H2,(H,20,22,23)/t12-,14+/m0/s1. The van der Waals surface area contributed by atoms with E-state index in [1.54, 1.807) is 0 Å². The second kappa shape index (κ2) is 6.75. The van der Waals surface area contributed by atoms with Gasteiger partial charge in [0, 0.05) is 12.3 Å². The van der Waals surface area contributed by atoms with Crippen molar-refractivity contribution >= 4 is 0 Å². The van der Waals surface area contributed by atoms with Crippen LogP contribution in [-0.2, 0) is 10.9 Å². The van der Waals surface area contributed by atoms with E-state index >= 15 is 0 Å². The van der Waals surface area contributed by atoms with Gasteiger partial charge in [-0.25, -0.2) is 4.79 Å². The molecule has 6 nitrogen and oxygen atoms in total. The highest BCUT2D eigenvalue weighted by Crippen LogP contribution is 2.32. The normalized spacial score (nSPS) is 20.6. The molecule has 0 radical (unpaired) electrons. The van der Waals surface area contributed by atoms with Gasteiger partial charge in [-0.3, -0.25) is 14.3 Å². The van der Waals surface area contributed by atoms with Crippen LogP contribution in [0.25, 0.3) is 0 Å². The summed E-state index contributed by atoms with van der Waals surface area (Å²) in [5.74, 6) is 0.100. The summed E-state index contributed by atoms with van der Waals surface area (Å²) >= 11 is 0. The van der Waals surface area contributed by atoms with Gasteiger partial charge in [0.25, 0.3) is 5.56 Å². The Morgan fingerprint density at radius 1 is 1.24 bits per heavy atom. The molecule has 2 aromatic rings. The predicted octanol–water partition coefficient (Wildman–Crippen LogP) is 2.31. The number of aromatic nitrogens is 2. The molecule has 1 saturated heterocycles. The van der Waals surface area contributed by atoms with Gasteiger partial charge in [-0.15, -0.1) is 0 Å². The van der Waals surface area contributed by atoms with Crippen LogP contribution in [0.3, 0.4) is 0 Å². The van der Waals surface area contributed by atoms with E-state index < -0.39 is 29.2 Å². The minimum Gasteiger partial charge on any atom is -0.491 e. The summed E-state index contributed by atoms with van der Waals surface area (Å²) in [4.78, 5) is 24.9. The Morgan fingerprint density at radius 2 is 2.04 bits per heavy atom. The van der Waals surface area contributed by atoms with Crippen LogP contribution in [0.1, 0.15) is 24.6 Å². The molecule has 0 aliphatic carbocycles. The molecular formula is C16H15F3N2O4. The summed E-state index contributed by atoms with van der Waals surface area (Å²) in [5, 5.41) is 0. The Morgan fingerprint density at radius 3 is 2.76 bits per heavy atom. The summed E-state index contributed by atoms with van der Waals surface area (Å²) in [6.45, 7) is 0.0654. The van der Waals surface area contributed by atoms with Gasteiger partial charge < -0.3 is 9.47 Å². The number of rotatable bonds is 4. The summed E-state index contributed by atoms with van der Waals surface area (Å²) in [7, 11) is 0. The Kier molecular flexibility index (Phi) is 4.67. The van der Waals surface area contributed by atoms with Gasteiger partial charge >= 0.3 is 11.9 Å². The maximum Gasteiger partial charge on any atom is 0.416 e. The van der Waals surface area contributed by atoms with Gasteiger partial charge in [0.2, 0.25) is 0 Å². The van der Waals surface area contributed by atoms with E-state index in [-0.39, 0.29) is 18.5 Å². The summed E-state index contributed by atoms with van der Waals surface area (Å²) < 4.78 is 50.4. The quantitative estimate of drug-likeness (QED) is 0.912. The van der Waals surface area contributed by atoms with E-state index in [2.05, 4.69) is 4.98 Å². The van der Waals surface area contributed by atoms with Crippen molar-refractivity contribution in [3.05, 3.63) is 62.9 Å². The van der Waals surface area contributed by atoms with Crippen LogP contribution in [0.4, 0.5) is 13.2 Å². The Balaban J connectivity index is 1.61. The number of hydrogen-bond acceptors (Lipinski definition) is 4. The highest BCUT2D eigenvalue weighted by atomic mass is 19.4. The molecule has 0 bridgehead atoms. The number of aromatic amines is 1. The number of alkyl halides is 3. The highest BCUT2D eigenvalue weighted by molar-refractivity contribution is 5.30. The molecule has 0 saturated carbocycles. The zero-order valence-corrected chi connectivity index (χ0v) is 13.0. The highest BCUT2D eigenvalue weighted by Gasteiger charge is 2.31. The summed E-state index contributed by atoms with van der Waals surface area (Å²) in [5.41, 5.74) is -1.85.